The van der Waals surface area contributed by atoms with Gasteiger partial charge in [0.25, 0.3) is 5.91 Å². The highest BCUT2D eigenvalue weighted by molar-refractivity contribution is 6.09. The van der Waals surface area contributed by atoms with Crippen molar-refractivity contribution in [2.45, 2.75) is 13.3 Å². The molecule has 2 amide bonds. The number of carbonyl (C=O) groups is 2. The number of aryl methyl sites for hydroxylation is 1. The van der Waals surface area contributed by atoms with Crippen LogP contribution in [-0.2, 0) is 11.2 Å². The number of nitro benzene ring substituents is 1. The van der Waals surface area contributed by atoms with E-state index < -0.39 is 22.3 Å². The van der Waals surface area contributed by atoms with Gasteiger partial charge in [0.1, 0.15) is 11.5 Å². The summed E-state index contributed by atoms with van der Waals surface area (Å²) >= 11 is 0. The Balaban J connectivity index is 1.92. The van der Waals surface area contributed by atoms with Crippen molar-refractivity contribution in [2.75, 3.05) is 4.90 Å². The summed E-state index contributed by atoms with van der Waals surface area (Å²) in [5, 5.41) is 20.8. The Morgan fingerprint density at radius 2 is 1.90 bits per heavy atom. The molecule has 0 unspecified atom stereocenters. The molecule has 2 aromatic carbocycles. The molecule has 0 atom stereocenters. The van der Waals surface area contributed by atoms with Crippen molar-refractivity contribution >= 4 is 29.0 Å². The SMILES string of the molecule is Cc1ccc(N2C(=O)Cc3c(C(N)=O)nc(-c4ccc(O)c([N+](=O)[O-])c4)nc32)cc1. The molecule has 10 nitrogen and oxygen atoms in total. The van der Waals surface area contributed by atoms with Crippen molar-refractivity contribution in [1.29, 1.82) is 0 Å². The maximum atomic E-state index is 12.7. The average Bonchev–Trinajstić information content (AvgIpc) is 3.03. The molecule has 0 radical (unpaired) electrons. The van der Waals surface area contributed by atoms with Gasteiger partial charge in [-0.2, -0.15) is 0 Å². The molecule has 0 fully saturated rings. The van der Waals surface area contributed by atoms with Crippen LogP contribution in [0.5, 0.6) is 5.75 Å². The molecular formula is C20H15N5O5. The number of anilines is 2. The molecule has 10 heteroatoms. The number of carbonyl (C=O) groups excluding carboxylic acids is 2. The average molecular weight is 405 g/mol. The van der Waals surface area contributed by atoms with E-state index in [0.29, 0.717) is 11.3 Å². The number of rotatable bonds is 4. The topological polar surface area (TPSA) is 153 Å². The number of phenolic OH excluding ortho intramolecular Hbond substituents is 1. The van der Waals surface area contributed by atoms with E-state index in [-0.39, 0.29) is 35.2 Å². The van der Waals surface area contributed by atoms with Gasteiger partial charge >= 0.3 is 5.69 Å². The number of nitrogens with two attached hydrogens (primary N) is 1. The number of aromatic nitrogens is 2. The lowest BCUT2D eigenvalue weighted by Gasteiger charge is -2.17. The smallest absolute Gasteiger partial charge is 0.311 e. The normalized spacial score (nSPS) is 12.7. The van der Waals surface area contributed by atoms with E-state index in [1.165, 1.54) is 11.0 Å². The van der Waals surface area contributed by atoms with Crippen molar-refractivity contribution in [3.05, 3.63) is 69.4 Å². The number of benzene rings is 2. The van der Waals surface area contributed by atoms with Gasteiger partial charge in [0, 0.05) is 17.2 Å². The molecule has 3 N–H and O–H groups in total. The van der Waals surface area contributed by atoms with E-state index in [1.807, 2.05) is 19.1 Å². The number of aromatic hydroxyl groups is 1. The molecule has 0 saturated carbocycles. The summed E-state index contributed by atoms with van der Waals surface area (Å²) in [6, 6.07) is 10.8. The van der Waals surface area contributed by atoms with Gasteiger partial charge in [-0.15, -0.1) is 0 Å². The van der Waals surface area contributed by atoms with E-state index in [4.69, 9.17) is 5.73 Å². The minimum atomic E-state index is -0.846. The lowest BCUT2D eigenvalue weighted by Crippen LogP contribution is -2.21. The third kappa shape index (κ3) is 3.09. The molecule has 1 aromatic heterocycles. The predicted octanol–water partition coefficient (Wildman–Crippen LogP) is 2.39. The summed E-state index contributed by atoms with van der Waals surface area (Å²) in [7, 11) is 0. The number of amides is 2. The van der Waals surface area contributed by atoms with Crippen molar-refractivity contribution < 1.29 is 19.6 Å². The van der Waals surface area contributed by atoms with Gasteiger partial charge in [-0.3, -0.25) is 24.6 Å². The van der Waals surface area contributed by atoms with Crippen molar-refractivity contribution in [1.82, 2.24) is 9.97 Å². The lowest BCUT2D eigenvalue weighted by molar-refractivity contribution is -0.385. The fraction of sp³-hybridized carbons (Fsp3) is 0.100. The second-order valence-corrected chi connectivity index (χ2v) is 6.76. The molecule has 0 bridgehead atoms. The number of primary amides is 1. The zero-order chi connectivity index (χ0) is 21.6. The molecule has 0 aliphatic carbocycles. The van der Waals surface area contributed by atoms with Gasteiger partial charge in [0.05, 0.1) is 17.0 Å². The zero-order valence-corrected chi connectivity index (χ0v) is 15.7. The second kappa shape index (κ2) is 6.92. The van der Waals surface area contributed by atoms with Crippen LogP contribution in [-0.4, -0.2) is 31.8 Å². The Hall–Kier alpha value is -4.34. The third-order valence-corrected chi connectivity index (χ3v) is 4.73. The van der Waals surface area contributed by atoms with E-state index >= 15 is 0 Å². The molecule has 0 spiro atoms. The van der Waals surface area contributed by atoms with Crippen LogP contribution >= 0.6 is 0 Å². The molecule has 150 valence electrons. The maximum Gasteiger partial charge on any atom is 0.311 e. The van der Waals surface area contributed by atoms with Crippen LogP contribution in [0.3, 0.4) is 0 Å². The quantitative estimate of drug-likeness (QED) is 0.499. The monoisotopic (exact) mass is 405 g/mol. The Kier molecular flexibility index (Phi) is 4.38. The summed E-state index contributed by atoms with van der Waals surface area (Å²) < 4.78 is 0. The lowest BCUT2D eigenvalue weighted by atomic mass is 10.1. The summed E-state index contributed by atoms with van der Waals surface area (Å²) in [5.74, 6) is -1.51. The van der Waals surface area contributed by atoms with Gasteiger partial charge in [0.15, 0.2) is 11.6 Å². The van der Waals surface area contributed by atoms with Crippen LogP contribution in [0.4, 0.5) is 17.2 Å². The van der Waals surface area contributed by atoms with Crippen molar-refractivity contribution in [3.8, 4) is 17.1 Å². The predicted molar refractivity (Wildman–Crippen MR) is 106 cm³/mol. The first-order valence-corrected chi connectivity index (χ1v) is 8.84. The standard InChI is InChI=1S/C20H15N5O5/c1-10-2-5-12(6-3-10)24-16(27)9-13-17(18(21)28)22-19(23-20(13)24)11-4-7-15(26)14(8-11)25(29)30/h2-8,26H,9H2,1H3,(H2,21,28). The Bertz CT molecular complexity index is 1220. The van der Waals surface area contributed by atoms with E-state index in [1.54, 1.807) is 12.1 Å². The third-order valence-electron chi connectivity index (χ3n) is 4.73. The van der Waals surface area contributed by atoms with Crippen LogP contribution in [0.2, 0.25) is 0 Å². The summed E-state index contributed by atoms with van der Waals surface area (Å²) in [6.07, 6.45) is -0.0997. The van der Waals surface area contributed by atoms with Gasteiger partial charge in [-0.1, -0.05) is 17.7 Å². The zero-order valence-electron chi connectivity index (χ0n) is 15.7. The highest BCUT2D eigenvalue weighted by atomic mass is 16.6. The molecule has 2 heterocycles. The molecule has 30 heavy (non-hydrogen) atoms. The highest BCUT2D eigenvalue weighted by Gasteiger charge is 2.35. The highest BCUT2D eigenvalue weighted by Crippen LogP contribution is 2.38. The first-order chi connectivity index (χ1) is 14.3. The van der Waals surface area contributed by atoms with Crippen molar-refractivity contribution in [3.63, 3.8) is 0 Å². The van der Waals surface area contributed by atoms with Gasteiger partial charge in [0.2, 0.25) is 5.91 Å². The fourth-order valence-corrected chi connectivity index (χ4v) is 3.27. The Morgan fingerprint density at radius 1 is 1.20 bits per heavy atom. The molecule has 1 aliphatic heterocycles. The molecule has 4 rings (SSSR count). The number of nitrogens with zero attached hydrogens (tertiary/aromatic N) is 4. The summed E-state index contributed by atoms with van der Waals surface area (Å²) in [5.41, 5.74) is 6.85. The molecular weight excluding hydrogens is 390 g/mol. The van der Waals surface area contributed by atoms with Gasteiger partial charge in [-0.25, -0.2) is 9.97 Å². The maximum absolute atomic E-state index is 12.7. The minimum Gasteiger partial charge on any atom is -0.502 e. The first-order valence-electron chi connectivity index (χ1n) is 8.84. The van der Waals surface area contributed by atoms with Gasteiger partial charge in [-0.05, 0) is 31.2 Å². The number of phenols is 1. The summed E-state index contributed by atoms with van der Waals surface area (Å²) in [4.78, 5) is 45.1. The van der Waals surface area contributed by atoms with E-state index in [2.05, 4.69) is 9.97 Å². The van der Waals surface area contributed by atoms with Crippen LogP contribution in [0.25, 0.3) is 11.4 Å². The molecule has 1 aliphatic rings. The largest absolute Gasteiger partial charge is 0.502 e. The Morgan fingerprint density at radius 3 is 2.53 bits per heavy atom. The minimum absolute atomic E-state index is 0.0301. The van der Waals surface area contributed by atoms with E-state index in [9.17, 15) is 24.8 Å². The number of fused-ring (bicyclic) bond motifs is 1. The molecule has 0 saturated heterocycles. The van der Waals surface area contributed by atoms with Crippen LogP contribution < -0.4 is 10.6 Å². The van der Waals surface area contributed by atoms with Crippen LogP contribution in [0.15, 0.2) is 42.5 Å². The first kappa shape index (κ1) is 19.0. The van der Waals surface area contributed by atoms with Crippen molar-refractivity contribution in [2.24, 2.45) is 5.73 Å². The van der Waals surface area contributed by atoms with E-state index in [0.717, 1.165) is 17.7 Å². The number of hydrogen-bond donors (Lipinski definition) is 2. The van der Waals surface area contributed by atoms with Crippen LogP contribution in [0, 0.1) is 17.0 Å². The second-order valence-electron chi connectivity index (χ2n) is 6.76. The number of hydrogen-bond acceptors (Lipinski definition) is 7. The number of nitro groups is 1. The van der Waals surface area contributed by atoms with Gasteiger partial charge < -0.3 is 10.8 Å². The Labute approximate surface area is 169 Å². The summed E-state index contributed by atoms with van der Waals surface area (Å²) in [6.45, 7) is 1.91. The fourth-order valence-electron chi connectivity index (χ4n) is 3.27. The molecule has 3 aromatic rings. The van der Waals surface area contributed by atoms with Crippen LogP contribution in [0.1, 0.15) is 21.6 Å².